The summed E-state index contributed by atoms with van der Waals surface area (Å²) in [6.45, 7) is 3.65. The molecule has 0 amide bonds. The largest absolute Gasteiger partial charge is 0.443 e. The molecule has 1 aromatic heterocycles. The molecule has 0 aliphatic heterocycles. The van der Waals surface area contributed by atoms with Gasteiger partial charge in [0.2, 0.25) is 0 Å². The van der Waals surface area contributed by atoms with Crippen molar-refractivity contribution in [2.75, 3.05) is 0 Å². The summed E-state index contributed by atoms with van der Waals surface area (Å²) < 4.78 is 36.6. The summed E-state index contributed by atoms with van der Waals surface area (Å²) in [6.07, 6.45) is -3.10. The first kappa shape index (κ1) is 10.5. The van der Waals surface area contributed by atoms with E-state index >= 15 is 0 Å². The summed E-state index contributed by atoms with van der Waals surface area (Å²) in [7, 11) is 0. The van der Waals surface area contributed by atoms with Crippen molar-refractivity contribution in [1.82, 2.24) is 4.98 Å². The molecule has 0 N–H and O–H groups in total. The van der Waals surface area contributed by atoms with Crippen LogP contribution in [0.4, 0.5) is 13.2 Å². The van der Waals surface area contributed by atoms with E-state index in [1.807, 2.05) is 13.8 Å². The van der Waals surface area contributed by atoms with E-state index in [1.165, 1.54) is 0 Å². The van der Waals surface area contributed by atoms with Crippen LogP contribution in [-0.4, -0.2) is 4.98 Å². The summed E-state index contributed by atoms with van der Waals surface area (Å²) in [4.78, 5) is 4.31. The van der Waals surface area contributed by atoms with Crippen LogP contribution in [0.5, 0.6) is 0 Å². The highest BCUT2D eigenvalue weighted by atomic mass is 32.1. The second-order valence-electron chi connectivity index (χ2n) is 2.59. The minimum Gasteiger partial charge on any atom is -0.237 e. The lowest BCUT2D eigenvalue weighted by Gasteiger charge is -1.98. The lowest BCUT2D eigenvalue weighted by molar-refractivity contribution is -0.137. The smallest absolute Gasteiger partial charge is 0.237 e. The van der Waals surface area contributed by atoms with E-state index in [1.54, 1.807) is 0 Å². The molecular weight excluding hydrogens is 199 g/mol. The zero-order chi connectivity index (χ0) is 10.1. The zero-order valence-corrected chi connectivity index (χ0v) is 8.22. The molecule has 0 unspecified atom stereocenters. The van der Waals surface area contributed by atoms with Gasteiger partial charge in [-0.1, -0.05) is 13.8 Å². The Morgan fingerprint density at radius 2 is 1.85 bits per heavy atom. The average molecular weight is 209 g/mol. The summed E-state index contributed by atoms with van der Waals surface area (Å²) in [5.74, 6) is 0. The van der Waals surface area contributed by atoms with E-state index < -0.39 is 11.2 Å². The Hall–Kier alpha value is -0.580. The Balaban J connectivity index is 3.07. The number of aryl methyl sites for hydroxylation is 2. The molecule has 0 radical (unpaired) electrons. The summed E-state index contributed by atoms with van der Waals surface area (Å²) >= 11 is 0.755. The number of aromatic nitrogens is 1. The van der Waals surface area contributed by atoms with E-state index in [4.69, 9.17) is 0 Å². The molecule has 5 heteroatoms. The molecule has 1 rings (SSSR count). The molecular formula is C8H10F3NS. The summed E-state index contributed by atoms with van der Waals surface area (Å²) in [5, 5.41) is -0.721. The molecule has 0 fully saturated rings. The Morgan fingerprint density at radius 3 is 2.15 bits per heavy atom. The average Bonchev–Trinajstić information content (AvgIpc) is 2.45. The molecule has 1 aromatic rings. The second-order valence-corrected chi connectivity index (χ2v) is 3.68. The van der Waals surface area contributed by atoms with Crippen LogP contribution >= 0.6 is 11.3 Å². The minimum absolute atomic E-state index is 0.565. The third-order valence-corrected chi connectivity index (χ3v) is 2.96. The first-order valence-corrected chi connectivity index (χ1v) is 4.86. The topological polar surface area (TPSA) is 12.9 Å². The van der Waals surface area contributed by atoms with Crippen molar-refractivity contribution in [2.45, 2.75) is 32.9 Å². The van der Waals surface area contributed by atoms with E-state index in [2.05, 4.69) is 4.98 Å². The maximum absolute atomic E-state index is 12.2. The van der Waals surface area contributed by atoms with Gasteiger partial charge in [-0.25, -0.2) is 4.98 Å². The lowest BCUT2D eigenvalue weighted by Crippen LogP contribution is -2.03. The molecule has 0 spiro atoms. The van der Waals surface area contributed by atoms with Crippen LogP contribution < -0.4 is 0 Å². The van der Waals surface area contributed by atoms with Crippen LogP contribution in [0.2, 0.25) is 0 Å². The molecule has 0 aromatic carbocycles. The maximum Gasteiger partial charge on any atom is 0.443 e. The Bertz CT molecular complexity index is 269. The maximum atomic E-state index is 12.2. The molecule has 0 aliphatic rings. The number of thiazole rings is 1. The number of hydrogen-bond donors (Lipinski definition) is 0. The van der Waals surface area contributed by atoms with Crippen LogP contribution in [0.3, 0.4) is 0 Å². The van der Waals surface area contributed by atoms with Crippen LogP contribution in [0.25, 0.3) is 0 Å². The fraction of sp³-hybridized carbons (Fsp3) is 0.625. The van der Waals surface area contributed by atoms with Crippen molar-refractivity contribution in [1.29, 1.82) is 0 Å². The fourth-order valence-corrected chi connectivity index (χ4v) is 2.01. The van der Waals surface area contributed by atoms with Gasteiger partial charge in [0, 0.05) is 4.88 Å². The molecule has 13 heavy (non-hydrogen) atoms. The van der Waals surface area contributed by atoms with Crippen molar-refractivity contribution < 1.29 is 13.2 Å². The van der Waals surface area contributed by atoms with Crippen LogP contribution in [0, 0.1) is 0 Å². The van der Waals surface area contributed by atoms with Crippen molar-refractivity contribution in [3.8, 4) is 0 Å². The molecule has 0 saturated heterocycles. The van der Waals surface area contributed by atoms with Gasteiger partial charge in [0.05, 0.1) is 5.69 Å². The fourth-order valence-electron chi connectivity index (χ4n) is 1.06. The van der Waals surface area contributed by atoms with Crippen molar-refractivity contribution in [3.05, 3.63) is 15.6 Å². The van der Waals surface area contributed by atoms with Gasteiger partial charge in [-0.2, -0.15) is 13.2 Å². The molecule has 74 valence electrons. The molecule has 0 aliphatic carbocycles. The third kappa shape index (κ3) is 2.21. The van der Waals surface area contributed by atoms with Gasteiger partial charge in [-0.15, -0.1) is 11.3 Å². The van der Waals surface area contributed by atoms with E-state index in [-0.39, 0.29) is 0 Å². The molecule has 0 saturated carbocycles. The molecule has 1 heterocycles. The Morgan fingerprint density at radius 1 is 1.23 bits per heavy atom. The van der Waals surface area contributed by atoms with Crippen molar-refractivity contribution in [3.63, 3.8) is 0 Å². The second kappa shape index (κ2) is 3.65. The highest BCUT2D eigenvalue weighted by Gasteiger charge is 2.35. The number of hydrogen-bond acceptors (Lipinski definition) is 2. The number of rotatable bonds is 2. The van der Waals surface area contributed by atoms with Crippen LogP contribution in [-0.2, 0) is 19.0 Å². The standard InChI is InChI=1S/C8H10F3NS/c1-3-5-6(4-2)13-7(12-5)8(9,10)11/h3-4H2,1-2H3. The van der Waals surface area contributed by atoms with Crippen molar-refractivity contribution >= 4 is 11.3 Å². The number of alkyl halides is 3. The highest BCUT2D eigenvalue weighted by Crippen LogP contribution is 2.34. The predicted octanol–water partition coefficient (Wildman–Crippen LogP) is 3.29. The normalized spacial score (nSPS) is 12.1. The zero-order valence-electron chi connectivity index (χ0n) is 7.40. The minimum atomic E-state index is -4.29. The van der Waals surface area contributed by atoms with E-state index in [0.29, 0.717) is 18.5 Å². The monoisotopic (exact) mass is 209 g/mol. The van der Waals surface area contributed by atoms with E-state index in [9.17, 15) is 13.2 Å². The van der Waals surface area contributed by atoms with Gasteiger partial charge in [-0.05, 0) is 12.8 Å². The predicted molar refractivity (Wildman–Crippen MR) is 45.9 cm³/mol. The summed E-state index contributed by atoms with van der Waals surface area (Å²) in [5.41, 5.74) is 0.583. The van der Waals surface area contributed by atoms with Gasteiger partial charge < -0.3 is 0 Å². The first-order chi connectivity index (χ1) is 5.99. The first-order valence-electron chi connectivity index (χ1n) is 4.04. The quantitative estimate of drug-likeness (QED) is 0.728. The van der Waals surface area contributed by atoms with Gasteiger partial charge >= 0.3 is 6.18 Å². The van der Waals surface area contributed by atoms with Crippen LogP contribution in [0.1, 0.15) is 29.4 Å². The number of halogens is 3. The third-order valence-electron chi connectivity index (χ3n) is 1.68. The van der Waals surface area contributed by atoms with Gasteiger partial charge in [0.25, 0.3) is 0 Å². The van der Waals surface area contributed by atoms with Gasteiger partial charge in [0.1, 0.15) is 0 Å². The van der Waals surface area contributed by atoms with Crippen LogP contribution in [0.15, 0.2) is 0 Å². The summed E-state index contributed by atoms with van der Waals surface area (Å²) in [6, 6.07) is 0. The Labute approximate surface area is 78.6 Å². The molecule has 0 bridgehead atoms. The Kier molecular flexibility index (Phi) is 2.95. The molecule has 1 nitrogen and oxygen atoms in total. The van der Waals surface area contributed by atoms with Gasteiger partial charge in [-0.3, -0.25) is 0 Å². The van der Waals surface area contributed by atoms with Gasteiger partial charge in [0.15, 0.2) is 5.01 Å². The SMILES string of the molecule is CCc1nc(C(F)(F)F)sc1CC. The lowest BCUT2D eigenvalue weighted by atomic mass is 10.2. The van der Waals surface area contributed by atoms with Crippen molar-refractivity contribution in [2.24, 2.45) is 0 Å². The van der Waals surface area contributed by atoms with E-state index in [0.717, 1.165) is 16.2 Å². The number of nitrogens with zero attached hydrogens (tertiary/aromatic N) is 1. The molecule has 0 atom stereocenters. The highest BCUT2D eigenvalue weighted by molar-refractivity contribution is 7.11.